The Hall–Kier alpha value is -2.34. The largest absolute Gasteiger partial charge is 0.481 e. The second kappa shape index (κ2) is 7.91. The van der Waals surface area contributed by atoms with Gasteiger partial charge in [0.1, 0.15) is 0 Å². The van der Waals surface area contributed by atoms with Crippen LogP contribution in [0.1, 0.15) is 41.7 Å². The number of benzene rings is 1. The molecule has 1 atom stereocenters. The Morgan fingerprint density at radius 3 is 2.85 bits per heavy atom. The fourth-order valence-corrected chi connectivity index (χ4v) is 3.62. The van der Waals surface area contributed by atoms with Gasteiger partial charge in [0.2, 0.25) is 0 Å². The van der Waals surface area contributed by atoms with Gasteiger partial charge in [-0.1, -0.05) is 23.7 Å². The van der Waals surface area contributed by atoms with Crippen LogP contribution < -0.4 is 0 Å². The second-order valence-corrected chi connectivity index (χ2v) is 7.16. The molecule has 1 fully saturated rings. The Bertz CT molecular complexity index is 818. The quantitative estimate of drug-likeness (QED) is 0.867. The lowest BCUT2D eigenvalue weighted by Gasteiger charge is -2.32. The van der Waals surface area contributed by atoms with Crippen LogP contribution in [-0.4, -0.2) is 44.8 Å². The number of halogens is 1. The number of rotatable bonds is 5. The monoisotopic (exact) mass is 375 g/mol. The number of para-hydroxylation sites is 1. The van der Waals surface area contributed by atoms with Crippen molar-refractivity contribution in [2.45, 2.75) is 32.6 Å². The summed E-state index contributed by atoms with van der Waals surface area (Å²) in [5, 5.41) is 13.9. The third-order valence-electron chi connectivity index (χ3n) is 4.77. The van der Waals surface area contributed by atoms with Crippen molar-refractivity contribution in [1.82, 2.24) is 14.7 Å². The van der Waals surface area contributed by atoms with Crippen molar-refractivity contribution < 1.29 is 14.7 Å². The summed E-state index contributed by atoms with van der Waals surface area (Å²) in [4.78, 5) is 25.5. The van der Waals surface area contributed by atoms with Crippen LogP contribution >= 0.6 is 11.6 Å². The van der Waals surface area contributed by atoms with Crippen LogP contribution in [0.4, 0.5) is 0 Å². The molecule has 1 N–H and O–H groups in total. The predicted molar refractivity (Wildman–Crippen MR) is 98.8 cm³/mol. The minimum atomic E-state index is -0.789. The first-order chi connectivity index (χ1) is 12.5. The van der Waals surface area contributed by atoms with Gasteiger partial charge in [-0.3, -0.25) is 9.59 Å². The first kappa shape index (κ1) is 18.5. The summed E-state index contributed by atoms with van der Waals surface area (Å²) in [7, 11) is 0. The Kier molecular flexibility index (Phi) is 5.61. The third-order valence-corrected chi connectivity index (χ3v) is 5.09. The van der Waals surface area contributed by atoms with Gasteiger partial charge in [0.15, 0.2) is 5.69 Å². The van der Waals surface area contributed by atoms with E-state index in [0.717, 1.165) is 24.1 Å². The van der Waals surface area contributed by atoms with E-state index >= 15 is 0 Å². The average molecular weight is 376 g/mol. The van der Waals surface area contributed by atoms with E-state index in [4.69, 9.17) is 16.7 Å². The van der Waals surface area contributed by atoms with Crippen LogP contribution in [-0.2, 0) is 4.79 Å². The van der Waals surface area contributed by atoms with Gasteiger partial charge in [-0.2, -0.15) is 5.10 Å². The Labute approximate surface area is 157 Å². The minimum absolute atomic E-state index is 0.103. The van der Waals surface area contributed by atoms with E-state index in [2.05, 4.69) is 5.10 Å². The predicted octanol–water partition coefficient (Wildman–Crippen LogP) is 3.55. The molecule has 1 amide bonds. The van der Waals surface area contributed by atoms with E-state index < -0.39 is 5.97 Å². The maximum Gasteiger partial charge on any atom is 0.303 e. The lowest BCUT2D eigenvalue weighted by Crippen LogP contribution is -2.40. The molecule has 7 heteroatoms. The summed E-state index contributed by atoms with van der Waals surface area (Å²) in [6.45, 7) is 3.13. The topological polar surface area (TPSA) is 75.4 Å². The maximum atomic E-state index is 12.9. The molecule has 2 heterocycles. The molecule has 0 bridgehead atoms. The van der Waals surface area contributed by atoms with Gasteiger partial charge < -0.3 is 10.0 Å². The van der Waals surface area contributed by atoms with Crippen molar-refractivity contribution >= 4 is 23.5 Å². The molecule has 6 nitrogen and oxygen atoms in total. The summed E-state index contributed by atoms with van der Waals surface area (Å²) < 4.78 is 1.64. The van der Waals surface area contributed by atoms with E-state index in [1.165, 1.54) is 0 Å². The smallest absolute Gasteiger partial charge is 0.303 e. The summed E-state index contributed by atoms with van der Waals surface area (Å²) in [5.41, 5.74) is 1.95. The van der Waals surface area contributed by atoms with Crippen molar-refractivity contribution in [2.24, 2.45) is 5.92 Å². The molecule has 3 rings (SSSR count). The van der Waals surface area contributed by atoms with Gasteiger partial charge in [0, 0.05) is 31.3 Å². The fourth-order valence-electron chi connectivity index (χ4n) is 3.39. The molecule has 1 aromatic heterocycles. The van der Waals surface area contributed by atoms with Crippen molar-refractivity contribution in [3.63, 3.8) is 0 Å². The normalized spacial score (nSPS) is 17.3. The van der Waals surface area contributed by atoms with Crippen LogP contribution in [0.3, 0.4) is 0 Å². The van der Waals surface area contributed by atoms with Crippen LogP contribution in [0, 0.1) is 12.8 Å². The standard InChI is InChI=1S/C19H22ClN3O3/c1-13-11-23(16-7-3-2-6-15(16)20)21-18(13)19(26)22-10-4-5-14(12-22)8-9-17(24)25/h2-3,6-7,11,14H,4-5,8-10,12H2,1H3,(H,24,25). The first-order valence-electron chi connectivity index (χ1n) is 8.78. The fraction of sp³-hybridized carbons (Fsp3) is 0.421. The highest BCUT2D eigenvalue weighted by molar-refractivity contribution is 6.32. The molecule has 1 aliphatic rings. The Morgan fingerprint density at radius 2 is 2.12 bits per heavy atom. The van der Waals surface area contributed by atoms with Crippen LogP contribution in [0.5, 0.6) is 0 Å². The molecule has 1 aromatic carbocycles. The molecule has 0 saturated carbocycles. The molecule has 26 heavy (non-hydrogen) atoms. The van der Waals surface area contributed by atoms with Gasteiger partial charge in [0.25, 0.3) is 5.91 Å². The number of carbonyl (C=O) groups is 2. The van der Waals surface area contributed by atoms with E-state index in [1.807, 2.05) is 25.1 Å². The molecule has 2 aromatic rings. The Morgan fingerprint density at radius 1 is 1.35 bits per heavy atom. The Balaban J connectivity index is 1.75. The zero-order chi connectivity index (χ0) is 18.7. The summed E-state index contributed by atoms with van der Waals surface area (Å²) in [6.07, 6.45) is 4.41. The summed E-state index contributed by atoms with van der Waals surface area (Å²) >= 11 is 6.22. The van der Waals surface area contributed by atoms with Crippen LogP contribution in [0.15, 0.2) is 30.5 Å². The number of carboxylic acids is 1. The number of carbonyl (C=O) groups excluding carboxylic acids is 1. The number of hydrogen-bond donors (Lipinski definition) is 1. The molecule has 138 valence electrons. The van der Waals surface area contributed by atoms with Crippen LogP contribution in [0.25, 0.3) is 5.69 Å². The van der Waals surface area contributed by atoms with Gasteiger partial charge in [-0.25, -0.2) is 4.68 Å². The SMILES string of the molecule is Cc1cn(-c2ccccc2Cl)nc1C(=O)N1CCCC(CCC(=O)O)C1. The van der Waals surface area contributed by atoms with E-state index in [9.17, 15) is 9.59 Å². The average Bonchev–Trinajstić information content (AvgIpc) is 3.01. The molecule has 1 unspecified atom stereocenters. The number of amides is 1. The van der Waals surface area contributed by atoms with Crippen LogP contribution in [0.2, 0.25) is 5.02 Å². The zero-order valence-electron chi connectivity index (χ0n) is 14.7. The molecule has 0 spiro atoms. The summed E-state index contributed by atoms with van der Waals surface area (Å²) in [5.74, 6) is -0.661. The number of carboxylic acid groups (broad SMARTS) is 1. The lowest BCUT2D eigenvalue weighted by molar-refractivity contribution is -0.137. The molecule has 0 radical (unpaired) electrons. The van der Waals surface area contributed by atoms with Crippen molar-refractivity contribution in [3.05, 3.63) is 46.7 Å². The highest BCUT2D eigenvalue weighted by Gasteiger charge is 2.27. The van der Waals surface area contributed by atoms with E-state index in [0.29, 0.717) is 30.2 Å². The van der Waals surface area contributed by atoms with Crippen molar-refractivity contribution in [3.8, 4) is 5.69 Å². The highest BCUT2D eigenvalue weighted by atomic mass is 35.5. The van der Waals surface area contributed by atoms with E-state index in [-0.39, 0.29) is 18.2 Å². The third kappa shape index (κ3) is 4.07. The maximum absolute atomic E-state index is 12.9. The second-order valence-electron chi connectivity index (χ2n) is 6.75. The van der Waals surface area contributed by atoms with Gasteiger partial charge >= 0.3 is 5.97 Å². The minimum Gasteiger partial charge on any atom is -0.481 e. The molecule has 1 saturated heterocycles. The van der Waals surface area contributed by atoms with Crippen molar-refractivity contribution in [1.29, 1.82) is 0 Å². The first-order valence-corrected chi connectivity index (χ1v) is 9.15. The molecular weight excluding hydrogens is 354 g/mol. The highest BCUT2D eigenvalue weighted by Crippen LogP contribution is 2.24. The number of aromatic nitrogens is 2. The number of aryl methyl sites for hydroxylation is 1. The molecule has 1 aliphatic heterocycles. The lowest BCUT2D eigenvalue weighted by atomic mass is 9.93. The van der Waals surface area contributed by atoms with Gasteiger partial charge in [-0.15, -0.1) is 0 Å². The number of piperidine rings is 1. The summed E-state index contributed by atoms with van der Waals surface area (Å²) in [6, 6.07) is 7.36. The number of likely N-dealkylation sites (tertiary alicyclic amines) is 1. The number of nitrogens with zero attached hydrogens (tertiary/aromatic N) is 3. The van der Waals surface area contributed by atoms with Gasteiger partial charge in [0.05, 0.1) is 10.7 Å². The number of hydrogen-bond acceptors (Lipinski definition) is 3. The molecular formula is C19H22ClN3O3. The van der Waals surface area contributed by atoms with Gasteiger partial charge in [-0.05, 0) is 44.2 Å². The van der Waals surface area contributed by atoms with Crippen molar-refractivity contribution in [2.75, 3.05) is 13.1 Å². The number of aliphatic carboxylic acids is 1. The zero-order valence-corrected chi connectivity index (χ0v) is 15.4. The van der Waals surface area contributed by atoms with E-state index in [1.54, 1.807) is 21.8 Å². The molecule has 0 aliphatic carbocycles.